The zero-order valence-corrected chi connectivity index (χ0v) is 10.4. The highest BCUT2D eigenvalue weighted by molar-refractivity contribution is 5.93. The fraction of sp³-hybridized carbons (Fsp3) is 0.167. The first-order valence-corrected chi connectivity index (χ1v) is 5.59. The summed E-state index contributed by atoms with van der Waals surface area (Å²) >= 11 is 0. The van der Waals surface area contributed by atoms with Crippen molar-refractivity contribution in [3.63, 3.8) is 0 Å². The Morgan fingerprint density at radius 2 is 1.64 bits per heavy atom. The summed E-state index contributed by atoms with van der Waals surface area (Å²) in [5, 5.41) is 1.43. The lowest BCUT2D eigenvalue weighted by atomic mass is 10.1. The fourth-order valence-electron chi connectivity index (χ4n) is 1.45. The van der Waals surface area contributed by atoms with E-state index >= 15 is 0 Å². The van der Waals surface area contributed by atoms with Gasteiger partial charge in [0.1, 0.15) is 0 Å². The van der Waals surface area contributed by atoms with Crippen LogP contribution in [0.25, 0.3) is 11.5 Å². The first-order valence-electron chi connectivity index (χ1n) is 5.59. The Bertz CT molecular complexity index is 672. The highest BCUT2D eigenvalue weighted by atomic mass is 19.4. The van der Waals surface area contributed by atoms with Crippen LogP contribution in [0.1, 0.15) is 5.56 Å². The molecule has 1 N–H and O–H groups in total. The lowest BCUT2D eigenvalue weighted by Gasteiger charge is -2.06. The maximum absolute atomic E-state index is 12.4. The van der Waals surface area contributed by atoms with E-state index in [0.29, 0.717) is 0 Å². The summed E-state index contributed by atoms with van der Waals surface area (Å²) in [5.41, 5.74) is -0.783. The van der Waals surface area contributed by atoms with Crippen LogP contribution < -0.4 is 5.32 Å². The van der Waals surface area contributed by atoms with E-state index in [1.165, 1.54) is 5.32 Å². The molecule has 0 fully saturated rings. The Morgan fingerprint density at radius 1 is 1.05 bits per heavy atom. The monoisotopic (exact) mass is 324 g/mol. The van der Waals surface area contributed by atoms with Crippen LogP contribution >= 0.6 is 0 Å². The molecule has 1 amide bonds. The van der Waals surface area contributed by atoms with E-state index in [1.54, 1.807) is 0 Å². The number of nitrogens with one attached hydrogen (secondary N) is 1. The van der Waals surface area contributed by atoms with Crippen molar-refractivity contribution in [3.05, 3.63) is 36.0 Å². The van der Waals surface area contributed by atoms with Crippen LogP contribution in [-0.2, 0) is 11.0 Å². The van der Waals surface area contributed by atoms with Crippen LogP contribution in [0.15, 0.2) is 34.9 Å². The molecule has 1 heterocycles. The van der Waals surface area contributed by atoms with Gasteiger partial charge in [-0.1, -0.05) is 0 Å². The molecule has 1 aromatic carbocycles. The van der Waals surface area contributed by atoms with Crippen LogP contribution in [0.5, 0.6) is 0 Å². The summed E-state index contributed by atoms with van der Waals surface area (Å²) in [6.45, 7) is 0. The summed E-state index contributed by atoms with van der Waals surface area (Å²) in [5.74, 6) is -3.05. The molecule has 10 heteroatoms. The molecule has 0 aliphatic rings. The number of alkyl halides is 6. The maximum atomic E-state index is 12.4. The third kappa shape index (κ3) is 3.57. The molecule has 0 bridgehead atoms. The number of rotatable bonds is 2. The minimum absolute atomic E-state index is 0.112. The number of hydrogen-bond donors (Lipinski definition) is 1. The lowest BCUT2D eigenvalue weighted by Crippen LogP contribution is -2.29. The third-order valence-corrected chi connectivity index (χ3v) is 2.46. The molecule has 0 aliphatic heterocycles. The Kier molecular flexibility index (Phi) is 3.86. The van der Waals surface area contributed by atoms with Crippen molar-refractivity contribution in [1.82, 2.24) is 4.98 Å². The minimum Gasteiger partial charge on any atom is -0.420 e. The maximum Gasteiger partial charge on any atom is 0.471 e. The van der Waals surface area contributed by atoms with Gasteiger partial charge in [-0.25, -0.2) is 4.98 Å². The number of carbonyl (C=O) groups is 1. The zero-order chi connectivity index (χ0) is 16.5. The Morgan fingerprint density at radius 3 is 2.14 bits per heavy atom. The summed E-state index contributed by atoms with van der Waals surface area (Å²) in [7, 11) is 0. The number of aromatic nitrogens is 1. The second kappa shape index (κ2) is 5.35. The van der Waals surface area contributed by atoms with Gasteiger partial charge < -0.3 is 4.42 Å². The molecule has 2 aromatic rings. The van der Waals surface area contributed by atoms with Gasteiger partial charge >= 0.3 is 18.3 Å². The van der Waals surface area contributed by atoms with Crippen molar-refractivity contribution in [2.75, 3.05) is 5.32 Å². The normalized spacial score (nSPS) is 12.3. The molecule has 0 unspecified atom stereocenters. The highest BCUT2D eigenvalue weighted by Gasteiger charge is 2.39. The predicted molar refractivity (Wildman–Crippen MR) is 61.6 cm³/mol. The molecule has 0 atom stereocenters. The number of oxazole rings is 1. The number of carbonyl (C=O) groups excluding carboxylic acids is 1. The van der Waals surface area contributed by atoms with Gasteiger partial charge in [0.15, 0.2) is 0 Å². The van der Waals surface area contributed by atoms with E-state index in [-0.39, 0.29) is 11.5 Å². The second-order valence-electron chi connectivity index (χ2n) is 4.06. The largest absolute Gasteiger partial charge is 0.471 e. The number of nitrogens with zero attached hydrogens (tertiary/aromatic N) is 1. The average molecular weight is 324 g/mol. The smallest absolute Gasteiger partial charge is 0.420 e. The van der Waals surface area contributed by atoms with E-state index < -0.39 is 29.7 Å². The number of halogens is 6. The summed E-state index contributed by atoms with van der Waals surface area (Å²) in [4.78, 5) is 14.3. The van der Waals surface area contributed by atoms with Gasteiger partial charge in [0, 0.05) is 5.56 Å². The quantitative estimate of drug-likeness (QED) is 0.854. The van der Waals surface area contributed by atoms with E-state index in [1.807, 2.05) is 0 Å². The van der Waals surface area contributed by atoms with Crippen LogP contribution in [-0.4, -0.2) is 17.1 Å². The Labute approximate surface area is 118 Å². The van der Waals surface area contributed by atoms with Gasteiger partial charge in [-0.05, 0) is 24.3 Å². The summed E-state index contributed by atoms with van der Waals surface area (Å²) < 4.78 is 78.1. The van der Waals surface area contributed by atoms with E-state index in [2.05, 4.69) is 4.98 Å². The third-order valence-electron chi connectivity index (χ3n) is 2.46. The average Bonchev–Trinajstić information content (AvgIpc) is 2.85. The van der Waals surface area contributed by atoms with E-state index in [4.69, 9.17) is 4.42 Å². The molecular formula is C12H6F6N2O2. The number of hydrogen-bond acceptors (Lipinski definition) is 3. The minimum atomic E-state index is -5.10. The number of anilines is 1. The number of amides is 1. The molecule has 4 nitrogen and oxygen atoms in total. The zero-order valence-electron chi connectivity index (χ0n) is 10.4. The highest BCUT2D eigenvalue weighted by Crippen LogP contribution is 2.31. The van der Waals surface area contributed by atoms with Crippen LogP contribution in [0.4, 0.5) is 32.2 Å². The second-order valence-corrected chi connectivity index (χ2v) is 4.06. The molecule has 22 heavy (non-hydrogen) atoms. The molecule has 1 aromatic heterocycles. The molecule has 118 valence electrons. The van der Waals surface area contributed by atoms with E-state index in [0.717, 1.165) is 30.5 Å². The van der Waals surface area contributed by atoms with Crippen molar-refractivity contribution in [3.8, 4) is 11.5 Å². The van der Waals surface area contributed by atoms with Crippen molar-refractivity contribution in [1.29, 1.82) is 0 Å². The molecule has 0 aliphatic carbocycles. The first-order chi connectivity index (χ1) is 10.1. The fourth-order valence-corrected chi connectivity index (χ4v) is 1.45. The van der Waals surface area contributed by atoms with Gasteiger partial charge in [0.25, 0.3) is 0 Å². The van der Waals surface area contributed by atoms with Gasteiger partial charge in [0.05, 0.1) is 11.8 Å². The first kappa shape index (κ1) is 15.9. The van der Waals surface area contributed by atoms with Crippen LogP contribution in [0, 0.1) is 0 Å². The van der Waals surface area contributed by atoms with Crippen LogP contribution in [0.3, 0.4) is 0 Å². The molecule has 0 saturated heterocycles. The molecular weight excluding hydrogens is 318 g/mol. The lowest BCUT2D eigenvalue weighted by molar-refractivity contribution is -0.167. The molecule has 0 radical (unpaired) electrons. The topological polar surface area (TPSA) is 55.1 Å². The summed E-state index contributed by atoms with van der Waals surface area (Å²) in [6, 6.07) is 3.63. The van der Waals surface area contributed by atoms with Crippen LogP contribution in [0.2, 0.25) is 0 Å². The van der Waals surface area contributed by atoms with Crippen molar-refractivity contribution in [2.24, 2.45) is 0 Å². The van der Waals surface area contributed by atoms with Gasteiger partial charge in [-0.2, -0.15) is 26.3 Å². The van der Waals surface area contributed by atoms with Gasteiger partial charge in [-0.15, -0.1) is 0 Å². The molecule has 0 spiro atoms. The summed E-state index contributed by atoms with van der Waals surface area (Å²) in [6.07, 6.45) is -8.79. The van der Waals surface area contributed by atoms with Gasteiger partial charge in [-0.3, -0.25) is 10.1 Å². The number of benzene rings is 1. The molecule has 0 saturated carbocycles. The predicted octanol–water partition coefficient (Wildman–Crippen LogP) is 3.86. The van der Waals surface area contributed by atoms with Gasteiger partial charge in [0.2, 0.25) is 11.8 Å². The van der Waals surface area contributed by atoms with E-state index in [9.17, 15) is 31.1 Å². The Hall–Kier alpha value is -2.52. The standard InChI is InChI=1S/C12H6F6N2O2/c13-11(14,15)7-3-1-6(2-4-7)9-19-5-8(22-9)20-10(21)12(16,17)18/h1-5H,(H,20,21). The van der Waals surface area contributed by atoms with Crippen molar-refractivity contribution < 1.29 is 35.6 Å². The molecule has 2 rings (SSSR count). The SMILES string of the molecule is O=C(Nc1cnc(-c2ccc(C(F)(F)F)cc2)o1)C(F)(F)F. The van der Waals surface area contributed by atoms with Crippen molar-refractivity contribution >= 4 is 11.8 Å². The Balaban J connectivity index is 2.16. The van der Waals surface area contributed by atoms with Crippen molar-refractivity contribution in [2.45, 2.75) is 12.4 Å².